The van der Waals surface area contributed by atoms with Gasteiger partial charge >= 0.3 is 0 Å². The zero-order valence-electron chi connectivity index (χ0n) is 16.1. The normalized spacial score (nSPS) is 11.1. The van der Waals surface area contributed by atoms with Crippen molar-refractivity contribution in [3.63, 3.8) is 0 Å². The van der Waals surface area contributed by atoms with Gasteiger partial charge in [-0.1, -0.05) is 30.3 Å². The molecule has 4 nitrogen and oxygen atoms in total. The molecule has 0 spiro atoms. The van der Waals surface area contributed by atoms with E-state index in [9.17, 15) is 9.59 Å². The van der Waals surface area contributed by atoms with E-state index in [0.717, 1.165) is 6.42 Å². The minimum Gasteiger partial charge on any atom is -0.347 e. The minimum atomic E-state index is -0.290. The molecule has 0 heterocycles. The van der Waals surface area contributed by atoms with Crippen molar-refractivity contribution in [2.45, 2.75) is 39.7 Å². The van der Waals surface area contributed by atoms with Crippen LogP contribution in [0.1, 0.15) is 54.0 Å². The SMILES string of the molecule is CCN(CCc1ccccc1)C(=O)c1ccc(C(=O)NC(C)(C)C)cc1. The molecule has 0 aromatic heterocycles. The van der Waals surface area contributed by atoms with Gasteiger partial charge in [-0.3, -0.25) is 9.59 Å². The van der Waals surface area contributed by atoms with E-state index in [1.54, 1.807) is 24.3 Å². The van der Waals surface area contributed by atoms with E-state index in [-0.39, 0.29) is 17.4 Å². The highest BCUT2D eigenvalue weighted by atomic mass is 16.2. The molecule has 26 heavy (non-hydrogen) atoms. The van der Waals surface area contributed by atoms with Gasteiger partial charge in [0.25, 0.3) is 11.8 Å². The van der Waals surface area contributed by atoms with Crippen molar-refractivity contribution in [3.8, 4) is 0 Å². The van der Waals surface area contributed by atoms with Crippen molar-refractivity contribution in [3.05, 3.63) is 71.3 Å². The number of carbonyl (C=O) groups is 2. The second-order valence-electron chi connectivity index (χ2n) is 7.40. The van der Waals surface area contributed by atoms with Gasteiger partial charge in [0.2, 0.25) is 0 Å². The molecule has 2 amide bonds. The summed E-state index contributed by atoms with van der Waals surface area (Å²) in [6, 6.07) is 17.0. The summed E-state index contributed by atoms with van der Waals surface area (Å²) in [5.74, 6) is -0.140. The monoisotopic (exact) mass is 352 g/mol. The maximum atomic E-state index is 12.7. The van der Waals surface area contributed by atoms with E-state index in [1.165, 1.54) is 5.56 Å². The Morgan fingerprint density at radius 1 is 0.923 bits per heavy atom. The second-order valence-corrected chi connectivity index (χ2v) is 7.40. The van der Waals surface area contributed by atoms with Crippen LogP contribution in [0.3, 0.4) is 0 Å². The second kappa shape index (κ2) is 8.65. The number of nitrogens with zero attached hydrogens (tertiary/aromatic N) is 1. The van der Waals surface area contributed by atoms with Gasteiger partial charge in [-0.15, -0.1) is 0 Å². The molecule has 2 aromatic carbocycles. The summed E-state index contributed by atoms with van der Waals surface area (Å²) in [6.45, 7) is 9.12. The van der Waals surface area contributed by atoms with Gasteiger partial charge in [-0.25, -0.2) is 0 Å². The van der Waals surface area contributed by atoms with E-state index in [2.05, 4.69) is 17.4 Å². The first-order valence-electron chi connectivity index (χ1n) is 9.06. The Kier molecular flexibility index (Phi) is 6.56. The molecule has 0 aliphatic heterocycles. The van der Waals surface area contributed by atoms with Gasteiger partial charge in [0.05, 0.1) is 0 Å². The Hall–Kier alpha value is -2.62. The van der Waals surface area contributed by atoms with Crippen LogP contribution in [0.4, 0.5) is 0 Å². The predicted octanol–water partition coefficient (Wildman–Crippen LogP) is 3.92. The van der Waals surface area contributed by atoms with Crippen LogP contribution in [0.5, 0.6) is 0 Å². The maximum absolute atomic E-state index is 12.7. The number of benzene rings is 2. The summed E-state index contributed by atoms with van der Waals surface area (Å²) < 4.78 is 0. The van der Waals surface area contributed by atoms with Gasteiger partial charge in [0.1, 0.15) is 0 Å². The van der Waals surface area contributed by atoms with Gasteiger partial charge in [-0.05, 0) is 63.9 Å². The number of hydrogen-bond acceptors (Lipinski definition) is 2. The van der Waals surface area contributed by atoms with Crippen LogP contribution in [0.15, 0.2) is 54.6 Å². The first-order chi connectivity index (χ1) is 12.3. The molecular weight excluding hydrogens is 324 g/mol. The quantitative estimate of drug-likeness (QED) is 0.857. The lowest BCUT2D eigenvalue weighted by molar-refractivity contribution is 0.0765. The van der Waals surface area contributed by atoms with Gasteiger partial charge < -0.3 is 10.2 Å². The lowest BCUT2D eigenvalue weighted by Crippen LogP contribution is -2.40. The number of carbonyl (C=O) groups excluding carboxylic acids is 2. The smallest absolute Gasteiger partial charge is 0.253 e. The van der Waals surface area contributed by atoms with Crippen molar-refractivity contribution in [1.29, 1.82) is 0 Å². The van der Waals surface area contributed by atoms with Gasteiger partial charge in [0.15, 0.2) is 0 Å². The highest BCUT2D eigenvalue weighted by Gasteiger charge is 2.17. The fourth-order valence-electron chi connectivity index (χ4n) is 2.67. The molecule has 0 radical (unpaired) electrons. The van der Waals surface area contributed by atoms with Gasteiger partial charge in [-0.2, -0.15) is 0 Å². The molecule has 2 rings (SSSR count). The summed E-state index contributed by atoms with van der Waals surface area (Å²) in [5.41, 5.74) is 2.09. The topological polar surface area (TPSA) is 49.4 Å². The number of nitrogens with one attached hydrogen (secondary N) is 1. The summed E-state index contributed by atoms with van der Waals surface area (Å²) in [6.07, 6.45) is 0.826. The molecule has 0 fully saturated rings. The Morgan fingerprint density at radius 3 is 2.04 bits per heavy atom. The first kappa shape index (κ1) is 19.7. The van der Waals surface area contributed by atoms with E-state index in [1.807, 2.05) is 50.8 Å². The summed E-state index contributed by atoms with van der Waals surface area (Å²) in [7, 11) is 0. The third kappa shape index (κ3) is 5.73. The van der Waals surface area contributed by atoms with E-state index < -0.39 is 0 Å². The average Bonchev–Trinajstić information content (AvgIpc) is 2.61. The molecule has 138 valence electrons. The van der Waals surface area contributed by atoms with Crippen LogP contribution in [0.25, 0.3) is 0 Å². The molecule has 0 bridgehead atoms. The zero-order chi connectivity index (χ0) is 19.2. The zero-order valence-corrected chi connectivity index (χ0v) is 16.1. The molecule has 1 N–H and O–H groups in total. The summed E-state index contributed by atoms with van der Waals surface area (Å²) in [4.78, 5) is 26.7. The van der Waals surface area contributed by atoms with Crippen LogP contribution in [-0.4, -0.2) is 35.3 Å². The van der Waals surface area contributed by atoms with Crippen molar-refractivity contribution < 1.29 is 9.59 Å². The Bertz CT molecular complexity index is 731. The third-order valence-electron chi connectivity index (χ3n) is 4.06. The van der Waals surface area contributed by atoms with Crippen molar-refractivity contribution in [2.75, 3.05) is 13.1 Å². The van der Waals surface area contributed by atoms with Crippen LogP contribution in [0, 0.1) is 0 Å². The Labute approximate surface area is 156 Å². The van der Waals surface area contributed by atoms with Gasteiger partial charge in [0, 0.05) is 29.8 Å². The largest absolute Gasteiger partial charge is 0.347 e. The Balaban J connectivity index is 2.01. The average molecular weight is 352 g/mol. The van der Waals surface area contributed by atoms with E-state index >= 15 is 0 Å². The number of hydrogen-bond donors (Lipinski definition) is 1. The molecule has 0 atom stereocenters. The predicted molar refractivity (Wildman–Crippen MR) is 105 cm³/mol. The van der Waals surface area contributed by atoms with Crippen LogP contribution >= 0.6 is 0 Å². The highest BCUT2D eigenvalue weighted by Crippen LogP contribution is 2.11. The van der Waals surface area contributed by atoms with Crippen molar-refractivity contribution in [2.24, 2.45) is 0 Å². The van der Waals surface area contributed by atoms with E-state index in [4.69, 9.17) is 0 Å². The number of amides is 2. The molecule has 0 saturated heterocycles. The maximum Gasteiger partial charge on any atom is 0.253 e. The molecule has 0 aliphatic carbocycles. The standard InChI is InChI=1S/C22H28N2O2/c1-5-24(16-15-17-9-7-6-8-10-17)21(26)19-13-11-18(12-14-19)20(25)23-22(2,3)4/h6-14H,5,15-16H2,1-4H3,(H,23,25). The van der Waals surface area contributed by atoms with Crippen molar-refractivity contribution >= 4 is 11.8 Å². The fourth-order valence-corrected chi connectivity index (χ4v) is 2.67. The molecule has 0 unspecified atom stereocenters. The highest BCUT2D eigenvalue weighted by molar-refractivity contribution is 5.98. The summed E-state index contributed by atoms with van der Waals surface area (Å²) in [5, 5.41) is 2.92. The first-order valence-corrected chi connectivity index (χ1v) is 9.06. The Morgan fingerprint density at radius 2 is 1.50 bits per heavy atom. The van der Waals surface area contributed by atoms with Crippen LogP contribution < -0.4 is 5.32 Å². The molecule has 2 aromatic rings. The minimum absolute atomic E-state index is 0.00814. The van der Waals surface area contributed by atoms with E-state index in [0.29, 0.717) is 24.2 Å². The van der Waals surface area contributed by atoms with Crippen LogP contribution in [-0.2, 0) is 6.42 Å². The molecular formula is C22H28N2O2. The third-order valence-corrected chi connectivity index (χ3v) is 4.06. The van der Waals surface area contributed by atoms with Crippen LogP contribution in [0.2, 0.25) is 0 Å². The summed E-state index contributed by atoms with van der Waals surface area (Å²) >= 11 is 0. The number of rotatable bonds is 6. The molecule has 0 saturated carbocycles. The fraction of sp³-hybridized carbons (Fsp3) is 0.364. The number of likely N-dealkylation sites (N-methyl/N-ethyl adjacent to an activating group) is 1. The lowest BCUT2D eigenvalue weighted by atomic mass is 10.1. The molecule has 0 aliphatic rings. The molecule has 4 heteroatoms. The van der Waals surface area contributed by atoms with Crippen molar-refractivity contribution in [1.82, 2.24) is 10.2 Å². The lowest BCUT2D eigenvalue weighted by Gasteiger charge is -2.22.